The maximum absolute atomic E-state index is 10.1. The van der Waals surface area contributed by atoms with Gasteiger partial charge in [0.2, 0.25) is 0 Å². The molecule has 0 unspecified atom stereocenters. The Balaban J connectivity index is 2.91. The van der Waals surface area contributed by atoms with Crippen molar-refractivity contribution in [2.24, 2.45) is 11.8 Å². The summed E-state index contributed by atoms with van der Waals surface area (Å²) in [7, 11) is 0. The van der Waals surface area contributed by atoms with Gasteiger partial charge in [0.1, 0.15) is 5.75 Å². The molecule has 0 saturated heterocycles. The van der Waals surface area contributed by atoms with Crippen LogP contribution in [0.3, 0.4) is 0 Å². The zero-order chi connectivity index (χ0) is 13.9. The molecular formula is C16H26O2. The summed E-state index contributed by atoms with van der Waals surface area (Å²) in [5, 5.41) is 19.4. The highest BCUT2D eigenvalue weighted by atomic mass is 16.3. The van der Waals surface area contributed by atoms with Gasteiger partial charge in [-0.05, 0) is 40.9 Å². The maximum atomic E-state index is 10.1. The van der Waals surface area contributed by atoms with Gasteiger partial charge in [-0.3, -0.25) is 0 Å². The predicted octanol–water partition coefficient (Wildman–Crippen LogP) is 3.50. The fourth-order valence-electron chi connectivity index (χ4n) is 2.15. The van der Waals surface area contributed by atoms with Crippen LogP contribution in [0.15, 0.2) is 18.2 Å². The topological polar surface area (TPSA) is 40.5 Å². The summed E-state index contributed by atoms with van der Waals surface area (Å²) < 4.78 is 0. The Morgan fingerprint density at radius 2 is 1.78 bits per heavy atom. The quantitative estimate of drug-likeness (QED) is 0.858. The molecule has 102 valence electrons. The molecule has 1 aromatic carbocycles. The van der Waals surface area contributed by atoms with Crippen molar-refractivity contribution in [1.82, 2.24) is 0 Å². The van der Waals surface area contributed by atoms with Gasteiger partial charge in [0.05, 0.1) is 0 Å². The molecule has 18 heavy (non-hydrogen) atoms. The van der Waals surface area contributed by atoms with Gasteiger partial charge >= 0.3 is 0 Å². The van der Waals surface area contributed by atoms with Crippen molar-refractivity contribution < 1.29 is 10.2 Å². The summed E-state index contributed by atoms with van der Waals surface area (Å²) in [5.74, 6) is 1.06. The third kappa shape index (κ3) is 3.74. The lowest BCUT2D eigenvalue weighted by atomic mass is 9.84. The average Bonchev–Trinajstić information content (AvgIpc) is 2.23. The highest BCUT2D eigenvalue weighted by Crippen LogP contribution is 2.32. The standard InChI is InChI=1S/C16H26O2/c1-11(2)13(10-17)8-12-6-7-14(15(18)9-12)16(3,4)5/h6-7,9,11,13,17-18H,8,10H2,1-5H3/t13-/m0/s1. The fourth-order valence-corrected chi connectivity index (χ4v) is 2.15. The van der Waals surface area contributed by atoms with Gasteiger partial charge in [-0.25, -0.2) is 0 Å². The van der Waals surface area contributed by atoms with E-state index in [1.54, 1.807) is 0 Å². The third-order valence-corrected chi connectivity index (χ3v) is 3.55. The lowest BCUT2D eigenvalue weighted by molar-refractivity contribution is 0.189. The molecule has 0 amide bonds. The van der Waals surface area contributed by atoms with E-state index >= 15 is 0 Å². The summed E-state index contributed by atoms with van der Waals surface area (Å²) >= 11 is 0. The number of hydrogen-bond donors (Lipinski definition) is 2. The van der Waals surface area contributed by atoms with E-state index in [2.05, 4.69) is 40.7 Å². The number of aromatic hydroxyl groups is 1. The van der Waals surface area contributed by atoms with Crippen molar-refractivity contribution in [3.8, 4) is 5.75 Å². The number of aliphatic hydroxyl groups excluding tert-OH is 1. The zero-order valence-electron chi connectivity index (χ0n) is 12.2. The fraction of sp³-hybridized carbons (Fsp3) is 0.625. The Morgan fingerprint density at radius 3 is 2.17 bits per heavy atom. The van der Waals surface area contributed by atoms with E-state index in [0.717, 1.165) is 17.5 Å². The molecular weight excluding hydrogens is 224 g/mol. The predicted molar refractivity (Wildman–Crippen MR) is 75.9 cm³/mol. The average molecular weight is 250 g/mol. The van der Waals surface area contributed by atoms with Crippen LogP contribution in [-0.4, -0.2) is 16.8 Å². The minimum atomic E-state index is -0.0446. The van der Waals surface area contributed by atoms with Crippen LogP contribution in [0.5, 0.6) is 5.75 Å². The summed E-state index contributed by atoms with van der Waals surface area (Å²) in [4.78, 5) is 0. The van der Waals surface area contributed by atoms with Gasteiger partial charge in [-0.15, -0.1) is 0 Å². The first-order valence-corrected chi connectivity index (χ1v) is 6.69. The number of hydrogen-bond acceptors (Lipinski definition) is 2. The van der Waals surface area contributed by atoms with Crippen LogP contribution >= 0.6 is 0 Å². The van der Waals surface area contributed by atoms with E-state index in [1.165, 1.54) is 0 Å². The molecule has 2 nitrogen and oxygen atoms in total. The molecule has 0 aliphatic heterocycles. The first-order valence-electron chi connectivity index (χ1n) is 6.69. The molecule has 0 aromatic heterocycles. The highest BCUT2D eigenvalue weighted by molar-refractivity contribution is 5.40. The molecule has 0 bridgehead atoms. The van der Waals surface area contributed by atoms with Crippen molar-refractivity contribution in [1.29, 1.82) is 0 Å². The Morgan fingerprint density at radius 1 is 1.17 bits per heavy atom. The van der Waals surface area contributed by atoms with Gasteiger partial charge in [-0.2, -0.15) is 0 Å². The van der Waals surface area contributed by atoms with Crippen molar-refractivity contribution in [3.05, 3.63) is 29.3 Å². The van der Waals surface area contributed by atoms with Crippen molar-refractivity contribution in [2.75, 3.05) is 6.61 Å². The molecule has 0 heterocycles. The first kappa shape index (κ1) is 15.0. The van der Waals surface area contributed by atoms with Gasteiger partial charge in [-0.1, -0.05) is 46.8 Å². The summed E-state index contributed by atoms with van der Waals surface area (Å²) in [6, 6.07) is 5.90. The van der Waals surface area contributed by atoms with Crippen LogP contribution in [0.1, 0.15) is 45.7 Å². The molecule has 2 heteroatoms. The monoisotopic (exact) mass is 250 g/mol. The largest absolute Gasteiger partial charge is 0.508 e. The van der Waals surface area contributed by atoms with Crippen molar-refractivity contribution in [2.45, 2.75) is 46.5 Å². The van der Waals surface area contributed by atoms with Crippen LogP contribution in [-0.2, 0) is 11.8 Å². The van der Waals surface area contributed by atoms with Crippen LogP contribution in [0.2, 0.25) is 0 Å². The maximum Gasteiger partial charge on any atom is 0.119 e. The summed E-state index contributed by atoms with van der Waals surface area (Å²) in [5.41, 5.74) is 2.02. The van der Waals surface area contributed by atoms with Crippen LogP contribution < -0.4 is 0 Å². The lowest BCUT2D eigenvalue weighted by Gasteiger charge is -2.22. The van der Waals surface area contributed by atoms with E-state index in [4.69, 9.17) is 0 Å². The third-order valence-electron chi connectivity index (χ3n) is 3.55. The molecule has 1 aromatic rings. The Labute approximate surface area is 111 Å². The minimum Gasteiger partial charge on any atom is -0.508 e. The molecule has 0 radical (unpaired) electrons. The van der Waals surface area contributed by atoms with Crippen LogP contribution in [0.25, 0.3) is 0 Å². The molecule has 0 saturated carbocycles. The SMILES string of the molecule is CC(C)[C@H](CO)Cc1ccc(C(C)(C)C)c(O)c1. The zero-order valence-corrected chi connectivity index (χ0v) is 12.2. The van der Waals surface area contributed by atoms with E-state index in [-0.39, 0.29) is 17.9 Å². The van der Waals surface area contributed by atoms with Crippen LogP contribution in [0.4, 0.5) is 0 Å². The van der Waals surface area contributed by atoms with E-state index < -0.39 is 0 Å². The van der Waals surface area contributed by atoms with Gasteiger partial charge in [0, 0.05) is 6.61 Å². The molecule has 0 fully saturated rings. The highest BCUT2D eigenvalue weighted by Gasteiger charge is 2.19. The number of rotatable bonds is 4. The molecule has 1 atom stereocenters. The van der Waals surface area contributed by atoms with E-state index in [9.17, 15) is 10.2 Å². The number of phenols is 1. The summed E-state index contributed by atoms with van der Waals surface area (Å²) in [6.45, 7) is 10.7. The second-order valence-corrected chi connectivity index (χ2v) is 6.49. The number of benzene rings is 1. The van der Waals surface area contributed by atoms with Gasteiger partial charge in [0.15, 0.2) is 0 Å². The first-order chi connectivity index (χ1) is 8.25. The number of aliphatic hydroxyl groups is 1. The Bertz CT molecular complexity index is 389. The molecule has 2 N–H and O–H groups in total. The number of phenolic OH excluding ortho intramolecular Hbond substituents is 1. The van der Waals surface area contributed by atoms with E-state index in [1.807, 2.05) is 12.1 Å². The smallest absolute Gasteiger partial charge is 0.119 e. The lowest BCUT2D eigenvalue weighted by Crippen LogP contribution is -2.16. The summed E-state index contributed by atoms with van der Waals surface area (Å²) in [6.07, 6.45) is 0.812. The van der Waals surface area contributed by atoms with Crippen molar-refractivity contribution >= 4 is 0 Å². The molecule has 0 aliphatic carbocycles. The van der Waals surface area contributed by atoms with Gasteiger partial charge in [0.25, 0.3) is 0 Å². The molecule has 1 rings (SSSR count). The molecule has 0 aliphatic rings. The van der Waals surface area contributed by atoms with Gasteiger partial charge < -0.3 is 10.2 Å². The Kier molecular flexibility index (Phi) is 4.80. The molecule has 0 spiro atoms. The minimum absolute atomic E-state index is 0.0446. The second kappa shape index (κ2) is 5.75. The van der Waals surface area contributed by atoms with Crippen molar-refractivity contribution in [3.63, 3.8) is 0 Å². The van der Waals surface area contributed by atoms with Crippen LogP contribution in [0, 0.1) is 11.8 Å². The Hall–Kier alpha value is -1.02. The van der Waals surface area contributed by atoms with E-state index in [0.29, 0.717) is 11.7 Å². The second-order valence-electron chi connectivity index (χ2n) is 6.49. The normalized spacial score (nSPS) is 13.9.